The number of nitrogens with zero attached hydrogens (tertiary/aromatic N) is 1. The van der Waals surface area contributed by atoms with Gasteiger partial charge in [0.25, 0.3) is 0 Å². The van der Waals surface area contributed by atoms with E-state index in [0.717, 1.165) is 12.4 Å². The fourth-order valence-corrected chi connectivity index (χ4v) is 2.64. The molecule has 0 amide bonds. The molecule has 0 saturated heterocycles. The standard InChI is InChI=1S/C15H22N2/c1-12-7-3-4-10-14(12)11-17(2)15(16)13-8-5-6-9-13/h3-4,7,10,13,16H,5-6,8-9,11H2,1-2H3. The molecule has 1 fully saturated rings. The summed E-state index contributed by atoms with van der Waals surface area (Å²) in [6.07, 6.45) is 5.00. The lowest BCUT2D eigenvalue weighted by atomic mass is 10.0. The van der Waals surface area contributed by atoms with Crippen LogP contribution in [0.25, 0.3) is 0 Å². The van der Waals surface area contributed by atoms with Gasteiger partial charge in [0.1, 0.15) is 0 Å². The molecular formula is C15H22N2. The number of rotatable bonds is 3. The largest absolute Gasteiger partial charge is 0.359 e. The lowest BCUT2D eigenvalue weighted by Gasteiger charge is -2.24. The predicted molar refractivity (Wildman–Crippen MR) is 72.3 cm³/mol. The van der Waals surface area contributed by atoms with Gasteiger partial charge in [-0.05, 0) is 30.9 Å². The maximum Gasteiger partial charge on any atom is 0.0989 e. The van der Waals surface area contributed by atoms with Crippen molar-refractivity contribution in [2.75, 3.05) is 7.05 Å². The van der Waals surface area contributed by atoms with E-state index in [2.05, 4.69) is 36.1 Å². The first-order chi connectivity index (χ1) is 8.18. The van der Waals surface area contributed by atoms with Gasteiger partial charge in [-0.1, -0.05) is 37.1 Å². The maximum atomic E-state index is 8.24. The van der Waals surface area contributed by atoms with E-state index in [0.29, 0.717) is 5.92 Å². The molecular weight excluding hydrogens is 208 g/mol. The third kappa shape index (κ3) is 2.87. The summed E-state index contributed by atoms with van der Waals surface area (Å²) in [5.74, 6) is 1.33. The second kappa shape index (κ2) is 5.35. The smallest absolute Gasteiger partial charge is 0.0989 e. The van der Waals surface area contributed by atoms with Crippen molar-refractivity contribution in [1.82, 2.24) is 4.90 Å². The Hall–Kier alpha value is -1.31. The van der Waals surface area contributed by atoms with E-state index in [1.807, 2.05) is 7.05 Å². The Morgan fingerprint density at radius 3 is 2.59 bits per heavy atom. The van der Waals surface area contributed by atoms with Gasteiger partial charge in [0.05, 0.1) is 5.84 Å². The van der Waals surface area contributed by atoms with Crippen LogP contribution in [0.5, 0.6) is 0 Å². The van der Waals surface area contributed by atoms with Crippen molar-refractivity contribution >= 4 is 5.84 Å². The summed E-state index contributed by atoms with van der Waals surface area (Å²) in [6.45, 7) is 3.00. The van der Waals surface area contributed by atoms with Crippen LogP contribution in [0.3, 0.4) is 0 Å². The molecule has 2 nitrogen and oxygen atoms in total. The molecule has 1 aromatic rings. The molecule has 0 heterocycles. The molecule has 0 atom stereocenters. The average molecular weight is 230 g/mol. The Kier molecular flexibility index (Phi) is 3.82. The Morgan fingerprint density at radius 1 is 1.29 bits per heavy atom. The number of benzene rings is 1. The van der Waals surface area contributed by atoms with Gasteiger partial charge in [0, 0.05) is 19.5 Å². The van der Waals surface area contributed by atoms with Gasteiger partial charge in [-0.25, -0.2) is 0 Å². The number of hydrogen-bond acceptors (Lipinski definition) is 1. The van der Waals surface area contributed by atoms with Gasteiger partial charge < -0.3 is 4.90 Å². The van der Waals surface area contributed by atoms with E-state index in [1.54, 1.807) is 0 Å². The van der Waals surface area contributed by atoms with E-state index in [4.69, 9.17) is 5.41 Å². The van der Waals surface area contributed by atoms with Crippen molar-refractivity contribution in [3.05, 3.63) is 35.4 Å². The van der Waals surface area contributed by atoms with E-state index < -0.39 is 0 Å². The minimum Gasteiger partial charge on any atom is -0.359 e. The predicted octanol–water partition coefficient (Wildman–Crippen LogP) is 3.59. The van der Waals surface area contributed by atoms with Crippen LogP contribution in [0.2, 0.25) is 0 Å². The van der Waals surface area contributed by atoms with Crippen LogP contribution >= 0.6 is 0 Å². The van der Waals surface area contributed by atoms with Gasteiger partial charge in [-0.2, -0.15) is 0 Å². The molecule has 1 aliphatic rings. The second-order valence-corrected chi connectivity index (χ2v) is 5.15. The zero-order valence-electron chi connectivity index (χ0n) is 10.9. The summed E-state index contributed by atoms with van der Waals surface area (Å²) < 4.78 is 0. The van der Waals surface area contributed by atoms with Crippen LogP contribution in [0.1, 0.15) is 36.8 Å². The fraction of sp³-hybridized carbons (Fsp3) is 0.533. The second-order valence-electron chi connectivity index (χ2n) is 5.15. The topological polar surface area (TPSA) is 27.1 Å². The Bertz CT molecular complexity index is 392. The third-order valence-corrected chi connectivity index (χ3v) is 3.82. The molecule has 1 N–H and O–H groups in total. The van der Waals surface area contributed by atoms with Gasteiger partial charge in [0.15, 0.2) is 0 Å². The van der Waals surface area contributed by atoms with Crippen LogP contribution in [0, 0.1) is 18.3 Å². The lowest BCUT2D eigenvalue weighted by molar-refractivity contribution is 0.454. The van der Waals surface area contributed by atoms with Crippen LogP contribution in [-0.4, -0.2) is 17.8 Å². The summed E-state index contributed by atoms with van der Waals surface area (Å²) in [7, 11) is 2.05. The highest BCUT2D eigenvalue weighted by Gasteiger charge is 2.22. The first-order valence-electron chi connectivity index (χ1n) is 6.52. The first-order valence-corrected chi connectivity index (χ1v) is 6.52. The van der Waals surface area contributed by atoms with Gasteiger partial charge in [-0.3, -0.25) is 5.41 Å². The summed E-state index contributed by atoms with van der Waals surface area (Å²) in [4.78, 5) is 2.11. The molecule has 0 spiro atoms. The molecule has 92 valence electrons. The summed E-state index contributed by atoms with van der Waals surface area (Å²) in [6, 6.07) is 8.45. The van der Waals surface area contributed by atoms with Crippen molar-refractivity contribution in [2.24, 2.45) is 5.92 Å². The van der Waals surface area contributed by atoms with Crippen LogP contribution in [-0.2, 0) is 6.54 Å². The van der Waals surface area contributed by atoms with Crippen LogP contribution in [0.4, 0.5) is 0 Å². The highest BCUT2D eigenvalue weighted by atomic mass is 15.1. The molecule has 0 aromatic heterocycles. The summed E-state index contributed by atoms with van der Waals surface area (Å²) in [5.41, 5.74) is 2.65. The van der Waals surface area contributed by atoms with E-state index >= 15 is 0 Å². The minimum atomic E-state index is 0.504. The van der Waals surface area contributed by atoms with Crippen molar-refractivity contribution < 1.29 is 0 Å². The third-order valence-electron chi connectivity index (χ3n) is 3.82. The molecule has 0 aliphatic heterocycles. The van der Waals surface area contributed by atoms with Gasteiger partial charge in [-0.15, -0.1) is 0 Å². The molecule has 2 heteroatoms. The maximum absolute atomic E-state index is 8.24. The quantitative estimate of drug-likeness (QED) is 0.623. The van der Waals surface area contributed by atoms with Crippen molar-refractivity contribution in [3.63, 3.8) is 0 Å². The summed E-state index contributed by atoms with van der Waals surface area (Å²) in [5, 5.41) is 8.24. The molecule has 0 unspecified atom stereocenters. The highest BCUT2D eigenvalue weighted by Crippen LogP contribution is 2.27. The molecule has 1 aliphatic carbocycles. The zero-order chi connectivity index (χ0) is 12.3. The normalized spacial score (nSPS) is 16.1. The van der Waals surface area contributed by atoms with Gasteiger partial charge >= 0.3 is 0 Å². The lowest BCUT2D eigenvalue weighted by Crippen LogP contribution is -2.30. The minimum absolute atomic E-state index is 0.504. The number of hydrogen-bond donors (Lipinski definition) is 1. The van der Waals surface area contributed by atoms with E-state index in [-0.39, 0.29) is 0 Å². The number of amidine groups is 1. The molecule has 1 aromatic carbocycles. The zero-order valence-corrected chi connectivity index (χ0v) is 10.9. The van der Waals surface area contributed by atoms with Crippen molar-refractivity contribution in [3.8, 4) is 0 Å². The summed E-state index contributed by atoms with van der Waals surface area (Å²) >= 11 is 0. The molecule has 1 saturated carbocycles. The first kappa shape index (κ1) is 12.2. The number of aryl methyl sites for hydroxylation is 1. The van der Waals surface area contributed by atoms with E-state index in [1.165, 1.54) is 36.8 Å². The van der Waals surface area contributed by atoms with Crippen molar-refractivity contribution in [2.45, 2.75) is 39.2 Å². The molecule has 2 rings (SSSR count). The Labute approximate surface area is 104 Å². The SMILES string of the molecule is Cc1ccccc1CN(C)C(=N)C1CCCC1. The van der Waals surface area contributed by atoms with Crippen molar-refractivity contribution in [1.29, 1.82) is 5.41 Å². The molecule has 0 bridgehead atoms. The van der Waals surface area contributed by atoms with Crippen LogP contribution < -0.4 is 0 Å². The Balaban J connectivity index is 1.99. The monoisotopic (exact) mass is 230 g/mol. The highest BCUT2D eigenvalue weighted by molar-refractivity contribution is 5.81. The molecule has 17 heavy (non-hydrogen) atoms. The van der Waals surface area contributed by atoms with Gasteiger partial charge in [0.2, 0.25) is 0 Å². The fourth-order valence-electron chi connectivity index (χ4n) is 2.64. The average Bonchev–Trinajstić information content (AvgIpc) is 2.84. The van der Waals surface area contributed by atoms with E-state index in [9.17, 15) is 0 Å². The Morgan fingerprint density at radius 2 is 1.94 bits per heavy atom. The number of nitrogens with one attached hydrogen (secondary N) is 1. The van der Waals surface area contributed by atoms with Crippen LogP contribution in [0.15, 0.2) is 24.3 Å². The molecule has 0 radical (unpaired) electrons.